The van der Waals surface area contributed by atoms with E-state index in [0.29, 0.717) is 10.7 Å². The van der Waals surface area contributed by atoms with Gasteiger partial charge in [-0.25, -0.2) is 0 Å². The van der Waals surface area contributed by atoms with Gasteiger partial charge >= 0.3 is 0 Å². The molecule has 1 aliphatic rings. The lowest BCUT2D eigenvalue weighted by molar-refractivity contribution is 0.414. The van der Waals surface area contributed by atoms with Gasteiger partial charge in [-0.05, 0) is 30.0 Å². The van der Waals surface area contributed by atoms with E-state index in [0.717, 1.165) is 5.75 Å². The van der Waals surface area contributed by atoms with Gasteiger partial charge in [0.25, 0.3) is 0 Å². The van der Waals surface area contributed by atoms with Gasteiger partial charge in [0.2, 0.25) is 0 Å². The minimum atomic E-state index is 0.685. The van der Waals surface area contributed by atoms with Crippen molar-refractivity contribution in [2.24, 2.45) is 0 Å². The van der Waals surface area contributed by atoms with E-state index in [1.54, 1.807) is 7.11 Å². The predicted molar refractivity (Wildman–Crippen MR) is 53.1 cm³/mol. The lowest BCUT2D eigenvalue weighted by Crippen LogP contribution is -1.85. The van der Waals surface area contributed by atoms with Crippen LogP contribution < -0.4 is 4.74 Å². The van der Waals surface area contributed by atoms with Gasteiger partial charge in [0.15, 0.2) is 0 Å². The fraction of sp³-hybridized carbons (Fsp3) is 0.400. The molecule has 64 valence electrons. The first kappa shape index (κ1) is 8.11. The molecule has 0 bridgehead atoms. The third kappa shape index (κ3) is 1.48. The fourth-order valence-electron chi connectivity index (χ4n) is 1.38. The number of rotatable bonds is 2. The predicted octanol–water partition coefficient (Wildman–Crippen LogP) is 2.95. The second-order valence-electron chi connectivity index (χ2n) is 3.13. The zero-order chi connectivity index (χ0) is 8.55. The number of halogens is 1. The molecule has 1 aromatic carbocycles. The second-order valence-corrected chi connectivity index (χ2v) is 4.31. The molecule has 0 radical (unpaired) electrons. The van der Waals surface area contributed by atoms with Crippen molar-refractivity contribution in [2.45, 2.75) is 17.2 Å². The Morgan fingerprint density at radius 2 is 2.25 bits per heavy atom. The van der Waals surface area contributed by atoms with E-state index >= 15 is 0 Å². The normalized spacial score (nSPS) is 26.8. The molecule has 2 heteroatoms. The van der Waals surface area contributed by atoms with E-state index in [2.05, 4.69) is 28.1 Å². The summed E-state index contributed by atoms with van der Waals surface area (Å²) in [4.78, 5) is 0.685. The van der Waals surface area contributed by atoms with Gasteiger partial charge in [0.1, 0.15) is 5.75 Å². The van der Waals surface area contributed by atoms with E-state index in [-0.39, 0.29) is 0 Å². The molecule has 12 heavy (non-hydrogen) atoms. The molecule has 0 aromatic heterocycles. The van der Waals surface area contributed by atoms with Crippen LogP contribution in [0.4, 0.5) is 0 Å². The third-order valence-electron chi connectivity index (χ3n) is 2.23. The highest BCUT2D eigenvalue weighted by molar-refractivity contribution is 9.09. The Labute approximate surface area is 80.9 Å². The van der Waals surface area contributed by atoms with Crippen molar-refractivity contribution in [1.82, 2.24) is 0 Å². The van der Waals surface area contributed by atoms with Gasteiger partial charge < -0.3 is 4.74 Å². The SMILES string of the molecule is COc1cccc([C@@H]2C[C@H]2Br)c1. The largest absolute Gasteiger partial charge is 0.497 e. The van der Waals surface area contributed by atoms with Crippen LogP contribution in [0.3, 0.4) is 0 Å². The van der Waals surface area contributed by atoms with Gasteiger partial charge in [0.05, 0.1) is 7.11 Å². The van der Waals surface area contributed by atoms with Crippen molar-refractivity contribution in [3.63, 3.8) is 0 Å². The van der Waals surface area contributed by atoms with Crippen LogP contribution in [0.5, 0.6) is 5.75 Å². The molecule has 2 atom stereocenters. The van der Waals surface area contributed by atoms with Crippen LogP contribution in [0.1, 0.15) is 17.9 Å². The standard InChI is InChI=1S/C10H11BrO/c1-12-8-4-2-3-7(5-8)9-6-10(9)11/h2-5,9-10H,6H2,1H3/t9-,10+/m0/s1. The minimum absolute atomic E-state index is 0.685. The molecule has 0 unspecified atom stereocenters. The average molecular weight is 227 g/mol. The molecule has 1 aliphatic carbocycles. The number of hydrogen-bond acceptors (Lipinski definition) is 1. The van der Waals surface area contributed by atoms with Crippen molar-refractivity contribution < 1.29 is 4.74 Å². The smallest absolute Gasteiger partial charge is 0.119 e. The molecule has 0 saturated heterocycles. The van der Waals surface area contributed by atoms with Crippen molar-refractivity contribution in [3.05, 3.63) is 29.8 Å². The summed E-state index contributed by atoms with van der Waals surface area (Å²) >= 11 is 3.59. The maximum absolute atomic E-state index is 5.15. The summed E-state index contributed by atoms with van der Waals surface area (Å²) in [7, 11) is 1.71. The molecule has 0 amide bonds. The summed E-state index contributed by atoms with van der Waals surface area (Å²) in [5, 5.41) is 0. The summed E-state index contributed by atoms with van der Waals surface area (Å²) in [6.45, 7) is 0. The summed E-state index contributed by atoms with van der Waals surface area (Å²) in [6.07, 6.45) is 1.26. The number of methoxy groups -OCH3 is 1. The van der Waals surface area contributed by atoms with E-state index in [1.165, 1.54) is 12.0 Å². The maximum atomic E-state index is 5.15. The zero-order valence-electron chi connectivity index (χ0n) is 6.96. The van der Waals surface area contributed by atoms with Crippen LogP contribution in [-0.4, -0.2) is 11.9 Å². The van der Waals surface area contributed by atoms with E-state index in [9.17, 15) is 0 Å². The van der Waals surface area contributed by atoms with Crippen molar-refractivity contribution >= 4 is 15.9 Å². The zero-order valence-corrected chi connectivity index (χ0v) is 8.54. The van der Waals surface area contributed by atoms with Crippen LogP contribution in [0.25, 0.3) is 0 Å². The highest BCUT2D eigenvalue weighted by atomic mass is 79.9. The first-order valence-corrected chi connectivity index (χ1v) is 5.01. The van der Waals surface area contributed by atoms with Gasteiger partial charge in [-0.3, -0.25) is 0 Å². The summed E-state index contributed by atoms with van der Waals surface area (Å²) in [6, 6.07) is 8.31. The van der Waals surface area contributed by atoms with Gasteiger partial charge in [0, 0.05) is 4.83 Å². The van der Waals surface area contributed by atoms with E-state index in [4.69, 9.17) is 4.74 Å². The molecule has 0 N–H and O–H groups in total. The highest BCUT2D eigenvalue weighted by Gasteiger charge is 2.35. The molecule has 2 rings (SSSR count). The van der Waals surface area contributed by atoms with Crippen LogP contribution in [0.15, 0.2) is 24.3 Å². The summed E-state index contributed by atoms with van der Waals surface area (Å²) in [5.74, 6) is 1.67. The monoisotopic (exact) mass is 226 g/mol. The Morgan fingerprint density at radius 3 is 2.83 bits per heavy atom. The van der Waals surface area contributed by atoms with Crippen molar-refractivity contribution in [1.29, 1.82) is 0 Å². The molecular formula is C10H11BrO. The maximum Gasteiger partial charge on any atom is 0.119 e. The molecular weight excluding hydrogens is 216 g/mol. The summed E-state index contributed by atoms with van der Waals surface area (Å²) in [5.41, 5.74) is 1.39. The molecule has 0 spiro atoms. The second kappa shape index (κ2) is 3.09. The number of ether oxygens (including phenoxy) is 1. The Morgan fingerprint density at radius 1 is 1.50 bits per heavy atom. The Kier molecular flexibility index (Phi) is 2.09. The Hall–Kier alpha value is -0.500. The fourth-order valence-corrected chi connectivity index (χ4v) is 2.09. The number of benzene rings is 1. The molecule has 1 nitrogen and oxygen atoms in total. The van der Waals surface area contributed by atoms with Crippen LogP contribution >= 0.6 is 15.9 Å². The van der Waals surface area contributed by atoms with Crippen molar-refractivity contribution in [3.8, 4) is 5.75 Å². The van der Waals surface area contributed by atoms with E-state index in [1.807, 2.05) is 12.1 Å². The van der Waals surface area contributed by atoms with Crippen LogP contribution in [0.2, 0.25) is 0 Å². The molecule has 1 aromatic rings. The van der Waals surface area contributed by atoms with Gasteiger partial charge in [-0.2, -0.15) is 0 Å². The molecule has 1 saturated carbocycles. The van der Waals surface area contributed by atoms with E-state index < -0.39 is 0 Å². The molecule has 0 aliphatic heterocycles. The van der Waals surface area contributed by atoms with Crippen LogP contribution in [0, 0.1) is 0 Å². The van der Waals surface area contributed by atoms with Gasteiger partial charge in [-0.1, -0.05) is 28.1 Å². The van der Waals surface area contributed by atoms with Crippen molar-refractivity contribution in [2.75, 3.05) is 7.11 Å². The number of alkyl halides is 1. The lowest BCUT2D eigenvalue weighted by atomic mass is 10.1. The summed E-state index contributed by atoms with van der Waals surface area (Å²) < 4.78 is 5.15. The average Bonchev–Trinajstić information content (AvgIpc) is 2.83. The lowest BCUT2D eigenvalue weighted by Gasteiger charge is -2.02. The first-order chi connectivity index (χ1) is 5.81. The third-order valence-corrected chi connectivity index (χ3v) is 3.25. The highest BCUT2D eigenvalue weighted by Crippen LogP contribution is 2.46. The minimum Gasteiger partial charge on any atom is -0.497 e. The van der Waals surface area contributed by atoms with Gasteiger partial charge in [-0.15, -0.1) is 0 Å². The number of hydrogen-bond donors (Lipinski definition) is 0. The first-order valence-electron chi connectivity index (χ1n) is 4.09. The molecule has 0 heterocycles. The Balaban J connectivity index is 2.21. The topological polar surface area (TPSA) is 9.23 Å². The Bertz CT molecular complexity index is 285. The van der Waals surface area contributed by atoms with Crippen LogP contribution in [-0.2, 0) is 0 Å². The molecule has 1 fully saturated rings. The quantitative estimate of drug-likeness (QED) is 0.706.